The van der Waals surface area contributed by atoms with Gasteiger partial charge >= 0.3 is 0 Å². The van der Waals surface area contributed by atoms with Crippen molar-refractivity contribution in [1.82, 2.24) is 15.3 Å². The molecule has 9 heteroatoms. The van der Waals surface area contributed by atoms with Crippen LogP contribution in [0.5, 0.6) is 0 Å². The number of nitrogens with two attached hydrogens (primary N) is 1. The molecule has 1 amide bonds. The van der Waals surface area contributed by atoms with E-state index in [2.05, 4.69) is 43.7 Å². The highest BCUT2D eigenvalue weighted by molar-refractivity contribution is 5.96. The summed E-state index contributed by atoms with van der Waals surface area (Å²) in [7, 11) is 0. The van der Waals surface area contributed by atoms with E-state index in [1.165, 1.54) is 11.3 Å². The van der Waals surface area contributed by atoms with Crippen molar-refractivity contribution >= 4 is 28.9 Å². The van der Waals surface area contributed by atoms with Crippen LogP contribution in [0, 0.1) is 0 Å². The van der Waals surface area contributed by atoms with Crippen LogP contribution < -0.4 is 21.3 Å². The summed E-state index contributed by atoms with van der Waals surface area (Å²) in [5, 5.41) is 6.30. The number of rotatable bonds is 1. The predicted octanol–water partition coefficient (Wildman–Crippen LogP) is 3.39. The molecule has 4 heterocycles. The van der Waals surface area contributed by atoms with E-state index in [4.69, 9.17) is 15.2 Å². The highest BCUT2D eigenvalue weighted by Gasteiger charge is 2.16. The molecule has 1 aromatic heterocycles. The molecule has 0 unspecified atom stereocenters. The summed E-state index contributed by atoms with van der Waals surface area (Å²) >= 11 is 0. The fourth-order valence-electron chi connectivity index (χ4n) is 4.53. The SMILES string of the molecule is Nc1cc2ccc1-c1ccnc(n1)Nc1ccc(N3CCOCC3)c(c1)CCOCCCCNC2=O. The van der Waals surface area contributed by atoms with Gasteiger partial charge in [-0.3, -0.25) is 4.79 Å². The second-order valence-electron chi connectivity index (χ2n) is 8.96. The Morgan fingerprint density at radius 1 is 0.944 bits per heavy atom. The van der Waals surface area contributed by atoms with Crippen molar-refractivity contribution in [3.05, 3.63) is 59.8 Å². The number of hydrogen-bond donors (Lipinski definition) is 3. The van der Waals surface area contributed by atoms with Gasteiger partial charge in [0.15, 0.2) is 0 Å². The van der Waals surface area contributed by atoms with Crippen molar-refractivity contribution in [1.29, 1.82) is 0 Å². The summed E-state index contributed by atoms with van der Waals surface area (Å²) in [4.78, 5) is 24.0. The fraction of sp³-hybridized carbons (Fsp3) is 0.370. The molecule has 3 aliphatic heterocycles. The van der Waals surface area contributed by atoms with Crippen LogP contribution in [0.4, 0.5) is 23.0 Å². The summed E-state index contributed by atoms with van der Waals surface area (Å²) in [5.41, 5.74) is 12.1. The van der Waals surface area contributed by atoms with Gasteiger partial charge in [-0.1, -0.05) is 0 Å². The number of amides is 1. The lowest BCUT2D eigenvalue weighted by Crippen LogP contribution is -2.36. The van der Waals surface area contributed by atoms with Crippen LogP contribution in [0.1, 0.15) is 28.8 Å². The standard InChI is InChI=1S/C27H32N6O3/c28-23-18-20-3-5-22(23)24-7-10-30-27(32-24)31-21-4-6-25(33-11-15-36-16-12-33)19(17-21)8-14-35-13-2-1-9-29-26(20)34/h3-7,10,17-18H,1-2,8-9,11-16,28H2,(H,29,34)(H,30,31,32). The minimum atomic E-state index is -0.136. The maximum atomic E-state index is 12.5. The molecule has 1 saturated heterocycles. The van der Waals surface area contributed by atoms with Crippen LogP contribution in [0.25, 0.3) is 11.3 Å². The van der Waals surface area contributed by atoms with E-state index < -0.39 is 0 Å². The second-order valence-corrected chi connectivity index (χ2v) is 8.96. The van der Waals surface area contributed by atoms with Gasteiger partial charge < -0.3 is 30.7 Å². The van der Waals surface area contributed by atoms with Crippen molar-refractivity contribution in [2.45, 2.75) is 19.3 Å². The largest absolute Gasteiger partial charge is 0.398 e. The molecule has 3 aliphatic rings. The molecule has 0 radical (unpaired) electrons. The first kappa shape index (κ1) is 24.0. The van der Waals surface area contributed by atoms with Gasteiger partial charge in [-0.25, -0.2) is 9.97 Å². The minimum absolute atomic E-state index is 0.136. The third-order valence-electron chi connectivity index (χ3n) is 6.45. The van der Waals surface area contributed by atoms with E-state index in [1.807, 2.05) is 12.1 Å². The van der Waals surface area contributed by atoms with Crippen molar-refractivity contribution in [2.24, 2.45) is 0 Å². The van der Waals surface area contributed by atoms with E-state index in [0.29, 0.717) is 42.7 Å². The normalized spacial score (nSPS) is 17.2. The summed E-state index contributed by atoms with van der Waals surface area (Å²) < 4.78 is 11.5. The van der Waals surface area contributed by atoms with Crippen LogP contribution in [0.3, 0.4) is 0 Å². The molecule has 6 bridgehead atoms. The lowest BCUT2D eigenvalue weighted by Gasteiger charge is -2.31. The number of nitrogens with zero attached hydrogens (tertiary/aromatic N) is 3. The molecule has 0 aliphatic carbocycles. The van der Waals surface area contributed by atoms with E-state index in [1.54, 1.807) is 18.3 Å². The number of ether oxygens (including phenoxy) is 2. The van der Waals surface area contributed by atoms with Gasteiger partial charge in [0, 0.05) is 60.6 Å². The number of benzene rings is 2. The van der Waals surface area contributed by atoms with Gasteiger partial charge in [0.2, 0.25) is 5.95 Å². The number of carbonyl (C=O) groups is 1. The van der Waals surface area contributed by atoms with Gasteiger partial charge in [0.05, 0.1) is 25.5 Å². The zero-order valence-corrected chi connectivity index (χ0v) is 20.3. The Morgan fingerprint density at radius 3 is 2.67 bits per heavy atom. The Balaban J connectivity index is 1.45. The summed E-state index contributed by atoms with van der Waals surface area (Å²) in [6, 6.07) is 13.5. The maximum Gasteiger partial charge on any atom is 0.251 e. The maximum absolute atomic E-state index is 12.5. The Kier molecular flexibility index (Phi) is 7.58. The van der Waals surface area contributed by atoms with Crippen LogP contribution in [-0.2, 0) is 15.9 Å². The van der Waals surface area contributed by atoms with E-state index in [0.717, 1.165) is 56.8 Å². The lowest BCUT2D eigenvalue weighted by atomic mass is 10.1. The highest BCUT2D eigenvalue weighted by Crippen LogP contribution is 2.29. The lowest BCUT2D eigenvalue weighted by molar-refractivity contribution is 0.0948. The van der Waals surface area contributed by atoms with Gasteiger partial charge in [-0.05, 0) is 67.3 Å². The van der Waals surface area contributed by atoms with Crippen molar-refractivity contribution in [3.8, 4) is 11.3 Å². The Bertz CT molecular complexity index is 1210. The summed E-state index contributed by atoms with van der Waals surface area (Å²) in [5.74, 6) is 0.340. The van der Waals surface area contributed by atoms with E-state index >= 15 is 0 Å². The number of fused-ring (bicyclic) bond motifs is 10. The molecule has 0 atom stereocenters. The Morgan fingerprint density at radius 2 is 1.81 bits per heavy atom. The van der Waals surface area contributed by atoms with Gasteiger partial charge in [0.25, 0.3) is 5.91 Å². The second kappa shape index (κ2) is 11.4. The smallest absolute Gasteiger partial charge is 0.251 e. The number of nitrogen functional groups attached to an aromatic ring is 1. The van der Waals surface area contributed by atoms with E-state index in [9.17, 15) is 4.79 Å². The third-order valence-corrected chi connectivity index (χ3v) is 6.45. The monoisotopic (exact) mass is 488 g/mol. The number of aromatic nitrogens is 2. The van der Waals surface area contributed by atoms with Crippen molar-refractivity contribution in [2.75, 3.05) is 62.0 Å². The molecule has 2 aromatic carbocycles. The zero-order chi connectivity index (χ0) is 24.7. The Hall–Kier alpha value is -3.69. The molecule has 1 fully saturated rings. The molecule has 36 heavy (non-hydrogen) atoms. The highest BCUT2D eigenvalue weighted by atomic mass is 16.5. The third kappa shape index (κ3) is 5.75. The molecule has 9 nitrogen and oxygen atoms in total. The minimum Gasteiger partial charge on any atom is -0.398 e. The summed E-state index contributed by atoms with van der Waals surface area (Å²) in [6.07, 6.45) is 4.22. The molecule has 188 valence electrons. The van der Waals surface area contributed by atoms with Gasteiger partial charge in [0.1, 0.15) is 0 Å². The number of anilines is 4. The molecule has 0 saturated carbocycles. The topological polar surface area (TPSA) is 115 Å². The Labute approximate surface area is 211 Å². The molecular formula is C27H32N6O3. The number of carbonyl (C=O) groups excluding carboxylic acids is 1. The first-order valence-corrected chi connectivity index (χ1v) is 12.5. The van der Waals surface area contributed by atoms with Crippen LogP contribution in [0.2, 0.25) is 0 Å². The van der Waals surface area contributed by atoms with Gasteiger partial charge in [-0.2, -0.15) is 0 Å². The number of hydrogen-bond acceptors (Lipinski definition) is 8. The molecular weight excluding hydrogens is 456 g/mol. The van der Waals surface area contributed by atoms with Crippen molar-refractivity contribution in [3.63, 3.8) is 0 Å². The summed E-state index contributed by atoms with van der Waals surface area (Å²) in [6.45, 7) is 5.09. The van der Waals surface area contributed by atoms with Crippen molar-refractivity contribution < 1.29 is 14.3 Å². The van der Waals surface area contributed by atoms with Crippen LogP contribution in [0.15, 0.2) is 48.7 Å². The quantitative estimate of drug-likeness (QED) is 0.447. The average molecular weight is 489 g/mol. The van der Waals surface area contributed by atoms with Crippen LogP contribution >= 0.6 is 0 Å². The predicted molar refractivity (Wildman–Crippen MR) is 141 cm³/mol. The zero-order valence-electron chi connectivity index (χ0n) is 20.3. The average Bonchev–Trinajstić information content (AvgIpc) is 2.90. The number of nitrogens with one attached hydrogen (secondary N) is 2. The first-order chi connectivity index (χ1) is 17.7. The first-order valence-electron chi connectivity index (χ1n) is 12.5. The molecule has 3 aromatic rings. The van der Waals surface area contributed by atoms with Crippen LogP contribution in [-0.4, -0.2) is 61.9 Å². The molecule has 6 rings (SSSR count). The van der Waals surface area contributed by atoms with E-state index in [-0.39, 0.29) is 5.91 Å². The molecule has 0 spiro atoms. The number of morpholine rings is 1. The molecule has 4 N–H and O–H groups in total. The fourth-order valence-corrected chi connectivity index (χ4v) is 4.53. The van der Waals surface area contributed by atoms with Gasteiger partial charge in [-0.15, -0.1) is 0 Å².